The Morgan fingerprint density at radius 2 is 1.86 bits per heavy atom. The van der Waals surface area contributed by atoms with Gasteiger partial charge in [0.1, 0.15) is 0 Å². The van der Waals surface area contributed by atoms with Crippen LogP contribution in [-0.4, -0.2) is 23.6 Å². The molecule has 0 amide bonds. The summed E-state index contributed by atoms with van der Waals surface area (Å²) in [4.78, 5) is 9.38. The van der Waals surface area contributed by atoms with Gasteiger partial charge in [0, 0.05) is 16.8 Å². The third kappa shape index (κ3) is 3.91. The maximum absolute atomic E-state index is 6.32. The van der Waals surface area contributed by atoms with Gasteiger partial charge in [-0.15, -0.1) is 24.8 Å². The van der Waals surface area contributed by atoms with Crippen molar-refractivity contribution in [1.29, 1.82) is 0 Å². The van der Waals surface area contributed by atoms with Crippen molar-refractivity contribution < 1.29 is 9.15 Å². The zero-order chi connectivity index (χ0) is 18.1. The highest BCUT2D eigenvalue weighted by atomic mass is 35.5. The molecule has 2 heterocycles. The smallest absolute Gasteiger partial charge is 0.196 e. The van der Waals surface area contributed by atoms with Crippen molar-refractivity contribution >= 4 is 46.7 Å². The molecule has 0 bridgehead atoms. The molecule has 0 aliphatic carbocycles. The van der Waals surface area contributed by atoms with Crippen LogP contribution >= 0.6 is 24.8 Å². The van der Waals surface area contributed by atoms with Crippen molar-refractivity contribution in [3.63, 3.8) is 0 Å². The maximum atomic E-state index is 6.32. The van der Waals surface area contributed by atoms with Crippen molar-refractivity contribution in [1.82, 2.24) is 9.97 Å². The van der Waals surface area contributed by atoms with E-state index in [0.29, 0.717) is 35.9 Å². The maximum Gasteiger partial charge on any atom is 0.196 e. The minimum absolute atomic E-state index is 0. The second-order valence-electron chi connectivity index (χ2n) is 6.12. The Kier molecular flexibility index (Phi) is 7.21. The largest absolute Gasteiger partial charge is 0.493 e. The summed E-state index contributed by atoms with van der Waals surface area (Å²) in [6, 6.07) is 15.2. The summed E-state index contributed by atoms with van der Waals surface area (Å²) in [5.74, 6) is 1.76. The summed E-state index contributed by atoms with van der Waals surface area (Å²) in [5, 5.41) is 1.87. The molecule has 2 aromatic heterocycles. The lowest BCUT2D eigenvalue weighted by atomic mass is 10.1. The number of nitrogens with two attached hydrogens (primary N) is 2. The summed E-state index contributed by atoms with van der Waals surface area (Å²) in [7, 11) is 1.62. The molecule has 0 saturated heterocycles. The molecule has 2 aromatic carbocycles. The first kappa shape index (κ1) is 21.9. The van der Waals surface area contributed by atoms with Crippen LogP contribution in [0.15, 0.2) is 52.9 Å². The molecular weight excluding hydrogens is 399 g/mol. The number of rotatable bonds is 5. The number of methoxy groups -OCH3 is 1. The molecule has 0 saturated carbocycles. The number of nitrogens with zero attached hydrogens (tertiary/aromatic N) is 2. The SMILES string of the molecule is COc1cccc2cc(-c3nc(C(N)CCN)c4ccccc4n3)oc12.Cl.Cl. The third-order valence-electron chi connectivity index (χ3n) is 4.41. The summed E-state index contributed by atoms with van der Waals surface area (Å²) in [6.07, 6.45) is 0.647. The van der Waals surface area contributed by atoms with Gasteiger partial charge in [-0.1, -0.05) is 30.3 Å². The van der Waals surface area contributed by atoms with Crippen LogP contribution < -0.4 is 16.2 Å². The first-order valence-electron chi connectivity index (χ1n) is 8.50. The lowest BCUT2D eigenvalue weighted by Crippen LogP contribution is -2.17. The molecule has 6 nitrogen and oxygen atoms in total. The van der Waals surface area contributed by atoms with Crippen molar-refractivity contribution in [2.45, 2.75) is 12.5 Å². The van der Waals surface area contributed by atoms with Crippen molar-refractivity contribution in [3.05, 3.63) is 54.2 Å². The Morgan fingerprint density at radius 3 is 2.61 bits per heavy atom. The first-order chi connectivity index (χ1) is 12.7. The van der Waals surface area contributed by atoms with E-state index in [1.807, 2.05) is 48.5 Å². The Bertz CT molecular complexity index is 1080. The van der Waals surface area contributed by atoms with Crippen LogP contribution in [0.2, 0.25) is 0 Å². The minimum Gasteiger partial charge on any atom is -0.493 e. The van der Waals surface area contributed by atoms with Gasteiger partial charge in [-0.2, -0.15) is 0 Å². The van der Waals surface area contributed by atoms with Gasteiger partial charge in [0.25, 0.3) is 0 Å². The Morgan fingerprint density at radius 1 is 1.07 bits per heavy atom. The molecule has 0 aliphatic heterocycles. The van der Waals surface area contributed by atoms with E-state index in [1.54, 1.807) is 7.11 Å². The number of benzene rings is 2. The standard InChI is InChI=1S/C20H20N4O2.2ClH/c1-25-16-8-4-5-12-11-17(26-19(12)16)20-23-15-7-3-2-6-13(15)18(24-20)14(22)9-10-21;;/h2-8,11,14H,9-10,21-22H2,1H3;2*1H. The number of ether oxygens (including phenoxy) is 1. The van der Waals surface area contributed by atoms with Gasteiger partial charge in [0.2, 0.25) is 0 Å². The fraction of sp³-hybridized carbons (Fsp3) is 0.200. The van der Waals surface area contributed by atoms with Gasteiger partial charge in [0.15, 0.2) is 22.9 Å². The average molecular weight is 421 g/mol. The number of hydrogen-bond acceptors (Lipinski definition) is 6. The zero-order valence-corrected chi connectivity index (χ0v) is 16.9. The van der Waals surface area contributed by atoms with E-state index in [0.717, 1.165) is 22.0 Å². The third-order valence-corrected chi connectivity index (χ3v) is 4.41. The van der Waals surface area contributed by atoms with E-state index >= 15 is 0 Å². The van der Waals surface area contributed by atoms with Gasteiger partial charge in [-0.3, -0.25) is 0 Å². The lowest BCUT2D eigenvalue weighted by Gasteiger charge is -2.13. The van der Waals surface area contributed by atoms with E-state index in [2.05, 4.69) is 4.98 Å². The van der Waals surface area contributed by atoms with E-state index in [1.165, 1.54) is 0 Å². The van der Waals surface area contributed by atoms with Gasteiger partial charge in [0.05, 0.1) is 18.3 Å². The van der Waals surface area contributed by atoms with Crippen LogP contribution in [0, 0.1) is 0 Å². The Balaban J connectivity index is 0.00000140. The van der Waals surface area contributed by atoms with Crippen LogP contribution in [0.5, 0.6) is 5.75 Å². The molecule has 8 heteroatoms. The second kappa shape index (κ2) is 9.21. The average Bonchev–Trinajstić information content (AvgIpc) is 3.11. The molecule has 4 N–H and O–H groups in total. The van der Waals surface area contributed by atoms with Gasteiger partial charge in [-0.25, -0.2) is 9.97 Å². The van der Waals surface area contributed by atoms with E-state index < -0.39 is 0 Å². The topological polar surface area (TPSA) is 100 Å². The summed E-state index contributed by atoms with van der Waals surface area (Å²) in [6.45, 7) is 0.497. The molecule has 1 unspecified atom stereocenters. The van der Waals surface area contributed by atoms with E-state index in [4.69, 9.17) is 25.6 Å². The highest BCUT2D eigenvalue weighted by Gasteiger charge is 2.18. The monoisotopic (exact) mass is 420 g/mol. The highest BCUT2D eigenvalue weighted by molar-refractivity contribution is 5.88. The normalized spacial score (nSPS) is 11.7. The van der Waals surface area contributed by atoms with Crippen LogP contribution in [-0.2, 0) is 0 Å². The number of hydrogen-bond donors (Lipinski definition) is 2. The molecule has 28 heavy (non-hydrogen) atoms. The number of furan rings is 1. The molecule has 4 aromatic rings. The lowest BCUT2D eigenvalue weighted by molar-refractivity contribution is 0.411. The quantitative estimate of drug-likeness (QED) is 0.500. The van der Waals surface area contributed by atoms with Gasteiger partial charge >= 0.3 is 0 Å². The molecule has 148 valence electrons. The predicted octanol–water partition coefficient (Wildman–Crippen LogP) is 4.24. The number of fused-ring (bicyclic) bond motifs is 2. The Labute approximate surface area is 175 Å². The van der Waals surface area contributed by atoms with Gasteiger partial charge in [-0.05, 0) is 31.2 Å². The molecule has 1 atom stereocenters. The highest BCUT2D eigenvalue weighted by Crippen LogP contribution is 2.33. The number of para-hydroxylation sites is 2. The molecule has 0 radical (unpaired) electrons. The van der Waals surface area contributed by atoms with Gasteiger partial charge < -0.3 is 20.6 Å². The summed E-state index contributed by atoms with van der Waals surface area (Å²) < 4.78 is 11.4. The van der Waals surface area contributed by atoms with Crippen LogP contribution in [0.1, 0.15) is 18.2 Å². The number of halogens is 2. The second-order valence-corrected chi connectivity index (χ2v) is 6.12. The summed E-state index contributed by atoms with van der Waals surface area (Å²) >= 11 is 0. The summed E-state index contributed by atoms with van der Waals surface area (Å²) in [5.41, 5.74) is 14.3. The fourth-order valence-electron chi connectivity index (χ4n) is 3.12. The zero-order valence-electron chi connectivity index (χ0n) is 15.3. The molecule has 0 spiro atoms. The van der Waals surface area contributed by atoms with E-state index in [-0.39, 0.29) is 30.9 Å². The first-order valence-corrected chi connectivity index (χ1v) is 8.50. The fourth-order valence-corrected chi connectivity index (χ4v) is 3.12. The van der Waals surface area contributed by atoms with Crippen molar-refractivity contribution in [2.24, 2.45) is 11.5 Å². The molecular formula is C20H22Cl2N4O2. The molecule has 0 aliphatic rings. The van der Waals surface area contributed by atoms with Crippen LogP contribution in [0.4, 0.5) is 0 Å². The minimum atomic E-state index is -0.259. The predicted molar refractivity (Wildman–Crippen MR) is 116 cm³/mol. The number of aromatic nitrogens is 2. The van der Waals surface area contributed by atoms with Crippen molar-refractivity contribution in [2.75, 3.05) is 13.7 Å². The van der Waals surface area contributed by atoms with Crippen LogP contribution in [0.25, 0.3) is 33.5 Å². The Hall–Kier alpha value is -2.38. The van der Waals surface area contributed by atoms with E-state index in [9.17, 15) is 0 Å². The molecule has 0 fully saturated rings. The van der Waals surface area contributed by atoms with Crippen LogP contribution in [0.3, 0.4) is 0 Å². The molecule has 4 rings (SSSR count). The van der Waals surface area contributed by atoms with Crippen molar-refractivity contribution in [3.8, 4) is 17.3 Å².